The summed E-state index contributed by atoms with van der Waals surface area (Å²) in [6, 6.07) is 27.4. The minimum atomic E-state index is -3.55. The second kappa shape index (κ2) is 10.2. The summed E-state index contributed by atoms with van der Waals surface area (Å²) in [5.41, 5.74) is 2.23. The Morgan fingerprint density at radius 3 is 2.33 bits per heavy atom. The second-order valence-electron chi connectivity index (χ2n) is 7.27. The number of hydrogen-bond acceptors (Lipinski definition) is 5. The number of nitrogens with zero attached hydrogens (tertiary/aromatic N) is 1. The zero-order valence-electron chi connectivity index (χ0n) is 17.9. The number of carbonyl (C=O) groups is 1. The van der Waals surface area contributed by atoms with Crippen molar-refractivity contribution >= 4 is 44.3 Å². The van der Waals surface area contributed by atoms with Gasteiger partial charge in [-0.1, -0.05) is 73.3 Å². The Kier molecular flexibility index (Phi) is 7.08. The fraction of sp³-hybridized carbons (Fsp3) is 0.120. The fourth-order valence-corrected chi connectivity index (χ4v) is 5.37. The van der Waals surface area contributed by atoms with E-state index in [1.807, 2.05) is 66.7 Å². The van der Waals surface area contributed by atoms with E-state index < -0.39 is 15.3 Å². The van der Waals surface area contributed by atoms with Crippen LogP contribution < -0.4 is 10.0 Å². The number of thioether (sulfide) groups is 1. The smallest absolute Gasteiger partial charge is 0.242 e. The van der Waals surface area contributed by atoms with Crippen molar-refractivity contribution in [3.05, 3.63) is 96.6 Å². The predicted molar refractivity (Wildman–Crippen MR) is 133 cm³/mol. The highest BCUT2D eigenvalue weighted by Crippen LogP contribution is 2.36. The number of sulfonamides is 1. The van der Waals surface area contributed by atoms with E-state index in [1.54, 1.807) is 19.1 Å². The highest BCUT2D eigenvalue weighted by molar-refractivity contribution is 8.00. The Balaban J connectivity index is 1.57. The van der Waals surface area contributed by atoms with Crippen molar-refractivity contribution in [2.45, 2.75) is 22.1 Å². The highest BCUT2D eigenvalue weighted by atomic mass is 32.2. The molecule has 0 radical (unpaired) electrons. The topological polar surface area (TPSA) is 88.2 Å². The first kappa shape index (κ1) is 23.0. The van der Waals surface area contributed by atoms with Crippen molar-refractivity contribution in [3.63, 3.8) is 0 Å². The van der Waals surface area contributed by atoms with Crippen LogP contribution in [0.5, 0.6) is 0 Å². The molecule has 168 valence electrons. The summed E-state index contributed by atoms with van der Waals surface area (Å²) >= 11 is 1.37. The van der Waals surface area contributed by atoms with E-state index in [4.69, 9.17) is 4.98 Å². The third-order valence-corrected chi connectivity index (χ3v) is 7.67. The summed E-state index contributed by atoms with van der Waals surface area (Å²) < 4.78 is 26.7. The van der Waals surface area contributed by atoms with Crippen molar-refractivity contribution in [2.24, 2.45) is 0 Å². The molecule has 0 unspecified atom stereocenters. The van der Waals surface area contributed by atoms with Gasteiger partial charge >= 0.3 is 0 Å². The summed E-state index contributed by atoms with van der Waals surface area (Å²) in [7, 11) is -3.55. The molecule has 1 amide bonds. The van der Waals surface area contributed by atoms with Crippen LogP contribution in [0, 0.1) is 0 Å². The van der Waals surface area contributed by atoms with Crippen LogP contribution in [0.3, 0.4) is 0 Å². The van der Waals surface area contributed by atoms with Gasteiger partial charge in [-0.25, -0.2) is 18.1 Å². The van der Waals surface area contributed by atoms with E-state index in [-0.39, 0.29) is 10.8 Å². The molecule has 8 heteroatoms. The average Bonchev–Trinajstić information content (AvgIpc) is 2.83. The molecule has 0 aliphatic carbocycles. The van der Waals surface area contributed by atoms with Crippen LogP contribution in [0.15, 0.2) is 101 Å². The lowest BCUT2D eigenvalue weighted by Crippen LogP contribution is -2.23. The Morgan fingerprint density at radius 1 is 0.909 bits per heavy atom. The van der Waals surface area contributed by atoms with E-state index >= 15 is 0 Å². The fourth-order valence-electron chi connectivity index (χ4n) is 3.33. The Hall–Kier alpha value is -3.20. The number of fused-ring (bicyclic) bond motifs is 1. The number of aromatic nitrogens is 1. The monoisotopic (exact) mass is 477 g/mol. The van der Waals surface area contributed by atoms with Gasteiger partial charge in [-0.2, -0.15) is 0 Å². The van der Waals surface area contributed by atoms with Gasteiger partial charge in [0.05, 0.1) is 15.4 Å². The standard InChI is InChI=1S/C25H23N3O3S2/c1-2-26-33(30,31)21-15-13-20(14-16-21)27-25(29)24(19-9-4-3-5-10-19)32-23-17-12-18-8-6-7-11-22(18)28-23/h3-17,24,26H,2H2,1H3,(H,27,29)/t24-/m1/s1. The van der Waals surface area contributed by atoms with Crippen LogP contribution in [0.25, 0.3) is 10.9 Å². The molecule has 0 fully saturated rings. The van der Waals surface area contributed by atoms with Gasteiger partial charge in [0.25, 0.3) is 0 Å². The van der Waals surface area contributed by atoms with E-state index in [0.29, 0.717) is 12.2 Å². The lowest BCUT2D eigenvalue weighted by molar-refractivity contribution is -0.115. The summed E-state index contributed by atoms with van der Waals surface area (Å²) in [5.74, 6) is -0.219. The summed E-state index contributed by atoms with van der Waals surface area (Å²) in [6.45, 7) is 2.03. The van der Waals surface area contributed by atoms with Crippen molar-refractivity contribution in [3.8, 4) is 0 Å². The average molecular weight is 478 g/mol. The molecule has 1 aromatic heterocycles. The van der Waals surface area contributed by atoms with Crippen LogP contribution in [0.1, 0.15) is 17.7 Å². The zero-order chi connectivity index (χ0) is 23.3. The van der Waals surface area contributed by atoms with Gasteiger partial charge in [0.15, 0.2) is 0 Å². The summed E-state index contributed by atoms with van der Waals surface area (Å²) in [4.78, 5) is 18.1. The molecule has 6 nitrogen and oxygen atoms in total. The van der Waals surface area contributed by atoms with Crippen molar-refractivity contribution < 1.29 is 13.2 Å². The largest absolute Gasteiger partial charge is 0.325 e. The quantitative estimate of drug-likeness (QED) is 0.349. The number of amides is 1. The molecule has 1 heterocycles. The number of pyridine rings is 1. The molecule has 3 aromatic carbocycles. The molecule has 33 heavy (non-hydrogen) atoms. The number of rotatable bonds is 8. The number of para-hydroxylation sites is 1. The van der Waals surface area contributed by atoms with E-state index in [2.05, 4.69) is 10.0 Å². The zero-order valence-corrected chi connectivity index (χ0v) is 19.6. The molecule has 1 atom stereocenters. The molecule has 0 spiro atoms. The number of benzene rings is 3. The Bertz CT molecular complexity index is 1360. The predicted octanol–water partition coefficient (Wildman–Crippen LogP) is 5.01. The first-order valence-electron chi connectivity index (χ1n) is 10.4. The van der Waals surface area contributed by atoms with Crippen molar-refractivity contribution in [1.29, 1.82) is 0 Å². The molecular weight excluding hydrogens is 454 g/mol. The maximum atomic E-state index is 13.3. The van der Waals surface area contributed by atoms with Gasteiger partial charge in [0, 0.05) is 17.6 Å². The SMILES string of the molecule is CCNS(=O)(=O)c1ccc(NC(=O)[C@H](Sc2ccc3ccccc3n2)c2ccccc2)cc1. The summed E-state index contributed by atoms with van der Waals surface area (Å²) in [6.07, 6.45) is 0. The van der Waals surface area contributed by atoms with Crippen LogP contribution in [-0.4, -0.2) is 25.9 Å². The van der Waals surface area contributed by atoms with E-state index in [0.717, 1.165) is 21.5 Å². The normalized spacial score (nSPS) is 12.4. The third kappa shape index (κ3) is 5.60. The van der Waals surface area contributed by atoms with Gasteiger partial charge in [-0.15, -0.1) is 0 Å². The van der Waals surface area contributed by atoms with Gasteiger partial charge in [-0.3, -0.25) is 4.79 Å². The van der Waals surface area contributed by atoms with Crippen LogP contribution in [-0.2, 0) is 14.8 Å². The molecule has 4 aromatic rings. The molecule has 0 bridgehead atoms. The van der Waals surface area contributed by atoms with Gasteiger partial charge in [-0.05, 0) is 42.0 Å². The third-order valence-electron chi connectivity index (χ3n) is 4.92. The highest BCUT2D eigenvalue weighted by Gasteiger charge is 2.23. The lowest BCUT2D eigenvalue weighted by Gasteiger charge is -2.17. The number of carbonyl (C=O) groups excluding carboxylic acids is 1. The molecule has 0 aliphatic rings. The first-order valence-corrected chi connectivity index (χ1v) is 12.8. The number of anilines is 1. The minimum Gasteiger partial charge on any atom is -0.325 e. The number of nitrogens with one attached hydrogen (secondary N) is 2. The second-order valence-corrected chi connectivity index (χ2v) is 10.2. The van der Waals surface area contributed by atoms with Gasteiger partial charge < -0.3 is 5.32 Å². The first-order chi connectivity index (χ1) is 16.0. The van der Waals surface area contributed by atoms with Gasteiger partial charge in [0.1, 0.15) is 5.25 Å². The lowest BCUT2D eigenvalue weighted by atomic mass is 10.1. The molecule has 0 saturated heterocycles. The molecule has 4 rings (SSSR count). The van der Waals surface area contributed by atoms with Crippen LogP contribution in [0.2, 0.25) is 0 Å². The van der Waals surface area contributed by atoms with Crippen LogP contribution in [0.4, 0.5) is 5.69 Å². The van der Waals surface area contributed by atoms with Crippen molar-refractivity contribution in [1.82, 2.24) is 9.71 Å². The van der Waals surface area contributed by atoms with Crippen LogP contribution >= 0.6 is 11.8 Å². The molecule has 2 N–H and O–H groups in total. The summed E-state index contributed by atoms with van der Waals surface area (Å²) in [5, 5.41) is 4.15. The maximum Gasteiger partial charge on any atom is 0.242 e. The van der Waals surface area contributed by atoms with Gasteiger partial charge in [0.2, 0.25) is 15.9 Å². The van der Waals surface area contributed by atoms with Crippen molar-refractivity contribution in [2.75, 3.05) is 11.9 Å². The maximum absolute atomic E-state index is 13.3. The van der Waals surface area contributed by atoms with E-state index in [1.165, 1.54) is 23.9 Å². The Labute approximate surface area is 197 Å². The Morgan fingerprint density at radius 2 is 1.61 bits per heavy atom. The molecule has 0 aliphatic heterocycles. The van der Waals surface area contributed by atoms with E-state index in [9.17, 15) is 13.2 Å². The number of hydrogen-bond donors (Lipinski definition) is 2. The molecular formula is C25H23N3O3S2. The minimum absolute atomic E-state index is 0.150. The molecule has 0 saturated carbocycles.